The van der Waals surface area contributed by atoms with E-state index in [1.807, 2.05) is 0 Å². The first-order valence-electron chi connectivity index (χ1n) is 8.12. The standard InChI is InChI=1S/C17H20O13/c1-3-5-28-11(17(26)30-15(24)9(18)6-12(19)20)8-14(23)29-16(25)10(27-4-2)7-13(21)22/h3-4,9-11,18H,1-2,5-8H2,(H,19,20)(H,21,22). The molecule has 166 valence electrons. The van der Waals surface area contributed by atoms with Crippen molar-refractivity contribution in [3.8, 4) is 0 Å². The molecule has 0 saturated carbocycles. The Kier molecular flexibility index (Phi) is 12.0. The Balaban J connectivity index is 5.05. The van der Waals surface area contributed by atoms with Crippen molar-refractivity contribution < 1.29 is 63.0 Å². The van der Waals surface area contributed by atoms with Crippen LogP contribution >= 0.6 is 0 Å². The van der Waals surface area contributed by atoms with Crippen LogP contribution in [0, 0.1) is 0 Å². The quantitative estimate of drug-likeness (QED) is 0.130. The fourth-order valence-electron chi connectivity index (χ4n) is 1.71. The highest BCUT2D eigenvalue weighted by Crippen LogP contribution is 2.09. The largest absolute Gasteiger partial charge is 0.486 e. The van der Waals surface area contributed by atoms with Crippen LogP contribution in [0.1, 0.15) is 19.3 Å². The zero-order chi connectivity index (χ0) is 23.3. The van der Waals surface area contributed by atoms with Gasteiger partial charge in [0.15, 0.2) is 12.2 Å². The maximum absolute atomic E-state index is 12.0. The summed E-state index contributed by atoms with van der Waals surface area (Å²) in [7, 11) is 0. The molecule has 0 aliphatic heterocycles. The van der Waals surface area contributed by atoms with Crippen LogP contribution in [0.3, 0.4) is 0 Å². The van der Waals surface area contributed by atoms with Crippen LogP contribution in [0.25, 0.3) is 0 Å². The molecule has 13 heteroatoms. The van der Waals surface area contributed by atoms with Gasteiger partial charge in [0, 0.05) is 0 Å². The molecule has 0 aliphatic rings. The molecular weight excluding hydrogens is 412 g/mol. The number of carbonyl (C=O) groups is 6. The van der Waals surface area contributed by atoms with Gasteiger partial charge in [0.05, 0.1) is 32.1 Å². The van der Waals surface area contributed by atoms with Gasteiger partial charge in [0.25, 0.3) is 0 Å². The van der Waals surface area contributed by atoms with Crippen molar-refractivity contribution in [2.24, 2.45) is 0 Å². The summed E-state index contributed by atoms with van der Waals surface area (Å²) < 4.78 is 18.2. The Hall–Kier alpha value is -3.58. The van der Waals surface area contributed by atoms with E-state index >= 15 is 0 Å². The molecule has 0 heterocycles. The molecule has 3 N–H and O–H groups in total. The highest BCUT2D eigenvalue weighted by Gasteiger charge is 2.32. The summed E-state index contributed by atoms with van der Waals surface area (Å²) in [5.41, 5.74) is 0. The van der Waals surface area contributed by atoms with E-state index in [0.29, 0.717) is 0 Å². The van der Waals surface area contributed by atoms with Gasteiger partial charge in [0.1, 0.15) is 0 Å². The van der Waals surface area contributed by atoms with Gasteiger partial charge >= 0.3 is 35.8 Å². The summed E-state index contributed by atoms with van der Waals surface area (Å²) in [6, 6.07) is 0. The number of hydrogen-bond acceptors (Lipinski definition) is 11. The summed E-state index contributed by atoms with van der Waals surface area (Å²) in [5, 5.41) is 26.5. The van der Waals surface area contributed by atoms with Crippen LogP contribution in [0.4, 0.5) is 0 Å². The van der Waals surface area contributed by atoms with E-state index in [0.717, 1.165) is 6.26 Å². The average molecular weight is 432 g/mol. The maximum atomic E-state index is 12.0. The van der Waals surface area contributed by atoms with Crippen LogP contribution in [0.2, 0.25) is 0 Å². The second-order valence-corrected chi connectivity index (χ2v) is 5.35. The van der Waals surface area contributed by atoms with Crippen molar-refractivity contribution in [1.29, 1.82) is 0 Å². The molecule has 0 aromatic rings. The number of aliphatic hydroxyl groups is 1. The van der Waals surface area contributed by atoms with E-state index in [1.165, 1.54) is 6.08 Å². The molecule has 30 heavy (non-hydrogen) atoms. The molecule has 0 bridgehead atoms. The summed E-state index contributed by atoms with van der Waals surface area (Å²) in [5.74, 6) is -8.77. The summed E-state index contributed by atoms with van der Waals surface area (Å²) >= 11 is 0. The van der Waals surface area contributed by atoms with Gasteiger partial charge in [0.2, 0.25) is 6.10 Å². The third-order valence-electron chi connectivity index (χ3n) is 2.97. The average Bonchev–Trinajstić information content (AvgIpc) is 2.63. The van der Waals surface area contributed by atoms with E-state index in [9.17, 15) is 33.9 Å². The minimum absolute atomic E-state index is 0.298. The molecule has 0 rings (SSSR count). The number of carbonyl (C=O) groups excluding carboxylic acids is 4. The minimum atomic E-state index is -2.15. The molecule has 3 atom stereocenters. The molecule has 0 aromatic carbocycles. The molecule has 0 amide bonds. The van der Waals surface area contributed by atoms with Gasteiger partial charge in [-0.15, -0.1) is 6.58 Å². The highest BCUT2D eigenvalue weighted by molar-refractivity contribution is 5.95. The predicted molar refractivity (Wildman–Crippen MR) is 92.3 cm³/mol. The number of carboxylic acids is 2. The van der Waals surface area contributed by atoms with Gasteiger partial charge in [-0.05, 0) is 0 Å². The summed E-state index contributed by atoms with van der Waals surface area (Å²) in [6.07, 6.45) is -6.50. The Bertz CT molecular complexity index is 696. The Morgan fingerprint density at radius 2 is 1.37 bits per heavy atom. The molecule has 0 aliphatic carbocycles. The number of esters is 4. The number of carboxylic acid groups (broad SMARTS) is 2. The van der Waals surface area contributed by atoms with E-state index in [2.05, 4.69) is 27.4 Å². The lowest BCUT2D eigenvalue weighted by atomic mass is 10.2. The second-order valence-electron chi connectivity index (χ2n) is 5.35. The first-order chi connectivity index (χ1) is 14.0. The predicted octanol–water partition coefficient (Wildman–Crippen LogP) is -1.07. The van der Waals surface area contributed by atoms with Gasteiger partial charge < -0.3 is 34.3 Å². The number of hydrogen-bond donors (Lipinski definition) is 3. The van der Waals surface area contributed by atoms with Crippen molar-refractivity contribution in [2.45, 2.75) is 37.6 Å². The van der Waals surface area contributed by atoms with Crippen LogP contribution < -0.4 is 0 Å². The van der Waals surface area contributed by atoms with E-state index in [1.54, 1.807) is 0 Å². The van der Waals surface area contributed by atoms with Crippen LogP contribution in [-0.4, -0.2) is 76.1 Å². The van der Waals surface area contributed by atoms with Crippen molar-refractivity contribution in [1.82, 2.24) is 0 Å². The van der Waals surface area contributed by atoms with Gasteiger partial charge in [-0.1, -0.05) is 12.7 Å². The molecule has 13 nitrogen and oxygen atoms in total. The zero-order valence-corrected chi connectivity index (χ0v) is 15.6. The van der Waals surface area contributed by atoms with Crippen molar-refractivity contribution in [2.75, 3.05) is 6.61 Å². The first-order valence-corrected chi connectivity index (χ1v) is 8.12. The topological polar surface area (TPSA) is 200 Å². The monoisotopic (exact) mass is 432 g/mol. The van der Waals surface area contributed by atoms with Crippen LogP contribution in [-0.2, 0) is 47.7 Å². The molecule has 0 fully saturated rings. The van der Waals surface area contributed by atoms with Crippen LogP contribution in [0.15, 0.2) is 25.5 Å². The fraction of sp³-hybridized carbons (Fsp3) is 0.412. The van der Waals surface area contributed by atoms with Crippen molar-refractivity contribution >= 4 is 35.8 Å². The van der Waals surface area contributed by atoms with Crippen LogP contribution in [0.5, 0.6) is 0 Å². The second kappa shape index (κ2) is 13.6. The number of aliphatic carboxylic acids is 2. The molecular formula is C17H20O13. The third-order valence-corrected chi connectivity index (χ3v) is 2.97. The lowest BCUT2D eigenvalue weighted by Gasteiger charge is -2.16. The van der Waals surface area contributed by atoms with Crippen molar-refractivity contribution in [3.63, 3.8) is 0 Å². The van der Waals surface area contributed by atoms with Gasteiger partial charge in [-0.2, -0.15) is 0 Å². The number of aliphatic hydroxyl groups excluding tert-OH is 1. The Morgan fingerprint density at radius 1 is 0.800 bits per heavy atom. The van der Waals surface area contributed by atoms with Gasteiger partial charge in [-0.25, -0.2) is 14.4 Å². The third kappa shape index (κ3) is 10.7. The van der Waals surface area contributed by atoms with E-state index in [-0.39, 0.29) is 6.61 Å². The smallest absolute Gasteiger partial charge is 0.355 e. The molecule has 0 radical (unpaired) electrons. The normalized spacial score (nSPS) is 13.1. The lowest BCUT2D eigenvalue weighted by molar-refractivity contribution is -0.179. The van der Waals surface area contributed by atoms with Crippen molar-refractivity contribution in [3.05, 3.63) is 25.5 Å². The number of ether oxygens (including phenoxy) is 4. The fourth-order valence-corrected chi connectivity index (χ4v) is 1.71. The number of rotatable bonds is 14. The summed E-state index contributed by atoms with van der Waals surface area (Å²) in [6.45, 7) is 6.16. The summed E-state index contributed by atoms with van der Waals surface area (Å²) in [4.78, 5) is 68.4. The molecule has 3 unspecified atom stereocenters. The van der Waals surface area contributed by atoms with E-state index < -0.39 is 73.4 Å². The minimum Gasteiger partial charge on any atom is -0.486 e. The Morgan fingerprint density at radius 3 is 1.87 bits per heavy atom. The maximum Gasteiger partial charge on any atom is 0.355 e. The zero-order valence-electron chi connectivity index (χ0n) is 15.6. The van der Waals surface area contributed by atoms with E-state index in [4.69, 9.17) is 14.9 Å². The SMILES string of the molecule is C=CCOC(CC(=O)OC(=O)C(CC(=O)O)OC=C)C(=O)OC(=O)C(O)CC(=O)O. The van der Waals surface area contributed by atoms with Gasteiger partial charge in [-0.3, -0.25) is 14.4 Å². The molecule has 0 spiro atoms. The highest BCUT2D eigenvalue weighted by atomic mass is 16.6. The molecule has 0 aromatic heterocycles. The lowest BCUT2D eigenvalue weighted by Crippen LogP contribution is -2.36. The first kappa shape index (κ1) is 26.4. The Labute approximate surface area is 169 Å². The molecule has 0 saturated heterocycles.